The van der Waals surface area contributed by atoms with Crippen molar-refractivity contribution in [3.63, 3.8) is 0 Å². The third kappa shape index (κ3) is 2.67. The fourth-order valence-electron chi connectivity index (χ4n) is 2.06. The molecule has 2 heterocycles. The van der Waals surface area contributed by atoms with Crippen molar-refractivity contribution in [3.8, 4) is 10.4 Å². The Bertz CT molecular complexity index is 500. The summed E-state index contributed by atoms with van der Waals surface area (Å²) in [7, 11) is 0. The zero-order valence-electron chi connectivity index (χ0n) is 10.2. The summed E-state index contributed by atoms with van der Waals surface area (Å²) in [4.78, 5) is 2.71. The van der Waals surface area contributed by atoms with Gasteiger partial charge in [-0.3, -0.25) is 0 Å². The molecule has 1 saturated carbocycles. The van der Waals surface area contributed by atoms with Crippen LogP contribution in [0.2, 0.25) is 0 Å². The van der Waals surface area contributed by atoms with Gasteiger partial charge in [-0.1, -0.05) is 6.07 Å². The quantitative estimate of drug-likeness (QED) is 0.850. The van der Waals surface area contributed by atoms with Crippen molar-refractivity contribution in [2.75, 3.05) is 13.2 Å². The number of aliphatic hydroxyl groups is 1. The van der Waals surface area contributed by atoms with Gasteiger partial charge in [-0.2, -0.15) is 0 Å². The number of thiophene rings is 2. The van der Waals surface area contributed by atoms with Crippen molar-refractivity contribution in [1.29, 1.82) is 0 Å². The predicted molar refractivity (Wildman–Crippen MR) is 78.1 cm³/mol. The van der Waals surface area contributed by atoms with Crippen LogP contribution in [0.15, 0.2) is 29.0 Å². The molecule has 1 aliphatic rings. The van der Waals surface area contributed by atoms with Gasteiger partial charge in [0, 0.05) is 40.4 Å². The lowest BCUT2D eigenvalue weighted by atomic mass is 10.1. The third-order valence-corrected chi connectivity index (χ3v) is 5.41. The number of rotatable bonds is 6. The molecule has 96 valence electrons. The van der Waals surface area contributed by atoms with Crippen LogP contribution in [0.5, 0.6) is 0 Å². The Morgan fingerprint density at radius 1 is 1.33 bits per heavy atom. The highest BCUT2D eigenvalue weighted by Crippen LogP contribution is 2.44. The first-order valence-electron chi connectivity index (χ1n) is 6.24. The lowest BCUT2D eigenvalue weighted by Crippen LogP contribution is -2.25. The second kappa shape index (κ2) is 5.13. The molecule has 0 spiro atoms. The number of hydrogen-bond acceptors (Lipinski definition) is 4. The molecule has 1 aliphatic carbocycles. The summed E-state index contributed by atoms with van der Waals surface area (Å²) in [5.41, 5.74) is 1.53. The molecule has 18 heavy (non-hydrogen) atoms. The van der Waals surface area contributed by atoms with Gasteiger partial charge in [-0.05, 0) is 35.7 Å². The Hall–Kier alpha value is -0.680. The molecule has 2 nitrogen and oxygen atoms in total. The molecule has 2 aromatic heterocycles. The fourth-order valence-corrected chi connectivity index (χ4v) is 3.71. The van der Waals surface area contributed by atoms with Gasteiger partial charge in [-0.15, -0.1) is 22.7 Å². The molecule has 0 bridgehead atoms. The van der Waals surface area contributed by atoms with Gasteiger partial charge in [-0.25, -0.2) is 0 Å². The molecule has 0 radical (unpaired) electrons. The Morgan fingerprint density at radius 2 is 2.22 bits per heavy atom. The number of aliphatic hydroxyl groups excluding tert-OH is 1. The summed E-state index contributed by atoms with van der Waals surface area (Å²) in [5.74, 6) is 0. The molecule has 0 saturated heterocycles. The van der Waals surface area contributed by atoms with E-state index < -0.39 is 0 Å². The van der Waals surface area contributed by atoms with Gasteiger partial charge in [0.2, 0.25) is 0 Å². The molecule has 3 rings (SSSR count). The van der Waals surface area contributed by atoms with Crippen molar-refractivity contribution in [3.05, 3.63) is 33.8 Å². The normalized spacial score (nSPS) is 16.9. The van der Waals surface area contributed by atoms with Crippen molar-refractivity contribution in [2.24, 2.45) is 5.41 Å². The summed E-state index contributed by atoms with van der Waals surface area (Å²) in [6, 6.07) is 6.52. The Kier molecular flexibility index (Phi) is 3.52. The molecule has 0 aromatic carbocycles. The van der Waals surface area contributed by atoms with Gasteiger partial charge in [0.25, 0.3) is 0 Å². The first kappa shape index (κ1) is 12.4. The zero-order chi connectivity index (χ0) is 12.4. The van der Waals surface area contributed by atoms with E-state index >= 15 is 0 Å². The summed E-state index contributed by atoms with van der Waals surface area (Å²) in [6.45, 7) is 2.18. The molecule has 0 amide bonds. The maximum atomic E-state index is 9.25. The maximum absolute atomic E-state index is 9.25. The van der Waals surface area contributed by atoms with E-state index in [0.29, 0.717) is 6.61 Å². The second-order valence-electron chi connectivity index (χ2n) is 5.04. The second-order valence-corrected chi connectivity index (χ2v) is 6.98. The monoisotopic (exact) mass is 279 g/mol. The van der Waals surface area contributed by atoms with Crippen molar-refractivity contribution >= 4 is 22.7 Å². The van der Waals surface area contributed by atoms with E-state index in [1.165, 1.54) is 28.2 Å². The zero-order valence-corrected chi connectivity index (χ0v) is 11.8. The number of hydrogen-bond donors (Lipinski definition) is 2. The molecular weight excluding hydrogens is 262 g/mol. The summed E-state index contributed by atoms with van der Waals surface area (Å²) in [5, 5.41) is 17.1. The van der Waals surface area contributed by atoms with Crippen LogP contribution in [0, 0.1) is 5.41 Å². The smallest absolute Gasteiger partial charge is 0.0499 e. The van der Waals surface area contributed by atoms with E-state index in [2.05, 4.69) is 34.3 Å². The molecule has 4 heteroatoms. The minimum atomic E-state index is 0.202. The van der Waals surface area contributed by atoms with Gasteiger partial charge in [0.15, 0.2) is 0 Å². The van der Waals surface area contributed by atoms with Crippen LogP contribution in [0.25, 0.3) is 10.4 Å². The SMILES string of the molecule is OCC1(CNCc2cc(-c3cccs3)cs2)CC1. The minimum Gasteiger partial charge on any atom is -0.396 e. The van der Waals surface area contributed by atoms with E-state index in [1.54, 1.807) is 11.3 Å². The molecule has 2 N–H and O–H groups in total. The predicted octanol–water partition coefficient (Wildman–Crippen LogP) is 3.34. The lowest BCUT2D eigenvalue weighted by Gasteiger charge is -2.11. The van der Waals surface area contributed by atoms with Crippen LogP contribution >= 0.6 is 22.7 Å². The third-order valence-electron chi connectivity index (χ3n) is 3.55. The molecular formula is C14H17NOS2. The molecule has 2 aromatic rings. The van der Waals surface area contributed by atoms with E-state index in [4.69, 9.17) is 0 Å². The maximum Gasteiger partial charge on any atom is 0.0499 e. The summed E-state index contributed by atoms with van der Waals surface area (Å²) >= 11 is 3.59. The first-order chi connectivity index (χ1) is 8.81. The Morgan fingerprint density at radius 3 is 2.89 bits per heavy atom. The average molecular weight is 279 g/mol. The van der Waals surface area contributed by atoms with Crippen LogP contribution < -0.4 is 5.32 Å². The van der Waals surface area contributed by atoms with Crippen molar-refractivity contribution in [1.82, 2.24) is 5.32 Å². The van der Waals surface area contributed by atoms with Crippen LogP contribution in [0.4, 0.5) is 0 Å². The Labute approximate surface area is 115 Å². The highest BCUT2D eigenvalue weighted by molar-refractivity contribution is 7.14. The van der Waals surface area contributed by atoms with Crippen molar-refractivity contribution in [2.45, 2.75) is 19.4 Å². The standard InChI is InChI=1S/C14H17NOS2/c16-10-14(3-4-14)9-15-7-12-6-11(8-18-12)13-2-1-5-17-13/h1-2,5-6,8,15-16H,3-4,7,9-10H2. The molecule has 0 unspecified atom stereocenters. The Balaban J connectivity index is 1.54. The van der Waals surface area contributed by atoms with Gasteiger partial charge in [0.1, 0.15) is 0 Å². The summed E-state index contributed by atoms with van der Waals surface area (Å²) < 4.78 is 0. The topological polar surface area (TPSA) is 32.3 Å². The molecule has 0 aliphatic heterocycles. The van der Waals surface area contributed by atoms with Gasteiger partial charge < -0.3 is 10.4 Å². The fraction of sp³-hybridized carbons (Fsp3) is 0.429. The van der Waals surface area contributed by atoms with Crippen LogP contribution in [-0.4, -0.2) is 18.3 Å². The van der Waals surface area contributed by atoms with E-state index in [0.717, 1.165) is 13.1 Å². The molecule has 0 atom stereocenters. The van der Waals surface area contributed by atoms with E-state index in [1.807, 2.05) is 11.3 Å². The van der Waals surface area contributed by atoms with E-state index in [9.17, 15) is 5.11 Å². The van der Waals surface area contributed by atoms with Gasteiger partial charge in [0.05, 0.1) is 0 Å². The number of nitrogens with one attached hydrogen (secondary N) is 1. The van der Waals surface area contributed by atoms with Crippen molar-refractivity contribution < 1.29 is 5.11 Å². The van der Waals surface area contributed by atoms with Crippen LogP contribution in [0.1, 0.15) is 17.7 Å². The highest BCUT2D eigenvalue weighted by atomic mass is 32.1. The minimum absolute atomic E-state index is 0.202. The highest BCUT2D eigenvalue weighted by Gasteiger charge is 2.41. The first-order valence-corrected chi connectivity index (χ1v) is 8.00. The summed E-state index contributed by atoms with van der Waals surface area (Å²) in [6.07, 6.45) is 2.34. The van der Waals surface area contributed by atoms with Gasteiger partial charge >= 0.3 is 0 Å². The van der Waals surface area contributed by atoms with Crippen LogP contribution in [-0.2, 0) is 6.54 Å². The van der Waals surface area contributed by atoms with Crippen LogP contribution in [0.3, 0.4) is 0 Å². The largest absolute Gasteiger partial charge is 0.396 e. The average Bonchev–Trinajstić information content (AvgIpc) is 2.84. The molecule has 1 fully saturated rings. The van der Waals surface area contributed by atoms with E-state index in [-0.39, 0.29) is 5.41 Å². The lowest BCUT2D eigenvalue weighted by molar-refractivity contribution is 0.207.